The molecular weight excluding hydrogens is 354 g/mol. The van der Waals surface area contributed by atoms with Crippen molar-refractivity contribution in [1.29, 1.82) is 0 Å². The monoisotopic (exact) mass is 375 g/mol. The third-order valence-corrected chi connectivity index (χ3v) is 5.17. The number of imidazole rings is 1. The molecule has 1 fully saturated rings. The molecule has 0 aliphatic heterocycles. The zero-order valence-corrected chi connectivity index (χ0v) is 16.3. The average molecular weight is 375 g/mol. The minimum absolute atomic E-state index is 0.327. The molecule has 4 aromatic rings. The van der Waals surface area contributed by atoms with Gasteiger partial charge in [0, 0.05) is 24.0 Å². The summed E-state index contributed by atoms with van der Waals surface area (Å²) in [5.41, 5.74) is 2.97. The van der Waals surface area contributed by atoms with E-state index in [4.69, 9.17) is 9.72 Å². The SMILES string of the molecule is COc1ccc2nc([C@@H]3C[C@H]3c3cc(-n4nc(C)nc4C)nc(C)n3)[nH]c2c1. The van der Waals surface area contributed by atoms with Crippen molar-refractivity contribution in [3.63, 3.8) is 0 Å². The highest BCUT2D eigenvalue weighted by Gasteiger charge is 2.43. The van der Waals surface area contributed by atoms with Gasteiger partial charge in [-0.05, 0) is 39.3 Å². The van der Waals surface area contributed by atoms with Crippen molar-refractivity contribution >= 4 is 11.0 Å². The van der Waals surface area contributed by atoms with Gasteiger partial charge in [-0.3, -0.25) is 0 Å². The summed E-state index contributed by atoms with van der Waals surface area (Å²) >= 11 is 0. The Hall–Kier alpha value is -3.29. The van der Waals surface area contributed by atoms with Crippen LogP contribution in [0.2, 0.25) is 0 Å². The maximum absolute atomic E-state index is 5.30. The number of hydrogen-bond acceptors (Lipinski definition) is 6. The fourth-order valence-corrected chi connectivity index (χ4v) is 3.75. The Kier molecular flexibility index (Phi) is 3.68. The van der Waals surface area contributed by atoms with Gasteiger partial charge in [-0.2, -0.15) is 4.68 Å². The third kappa shape index (κ3) is 2.81. The molecular formula is C20H21N7O. The molecule has 0 spiro atoms. The highest BCUT2D eigenvalue weighted by Crippen LogP contribution is 2.53. The number of fused-ring (bicyclic) bond motifs is 1. The quantitative estimate of drug-likeness (QED) is 0.589. The zero-order valence-electron chi connectivity index (χ0n) is 16.3. The summed E-state index contributed by atoms with van der Waals surface area (Å²) in [6.45, 7) is 5.72. The van der Waals surface area contributed by atoms with Crippen LogP contribution in [0, 0.1) is 20.8 Å². The Balaban J connectivity index is 1.46. The number of rotatable bonds is 4. The van der Waals surface area contributed by atoms with E-state index in [9.17, 15) is 0 Å². The van der Waals surface area contributed by atoms with Crippen LogP contribution in [-0.2, 0) is 0 Å². The first-order valence-electron chi connectivity index (χ1n) is 9.31. The maximum Gasteiger partial charge on any atom is 0.159 e. The van der Waals surface area contributed by atoms with Gasteiger partial charge in [-0.15, -0.1) is 5.10 Å². The number of ether oxygens (including phenoxy) is 1. The molecule has 142 valence electrons. The van der Waals surface area contributed by atoms with E-state index < -0.39 is 0 Å². The largest absolute Gasteiger partial charge is 0.497 e. The van der Waals surface area contributed by atoms with Crippen LogP contribution in [0.3, 0.4) is 0 Å². The van der Waals surface area contributed by atoms with Crippen LogP contribution in [0.1, 0.15) is 47.2 Å². The van der Waals surface area contributed by atoms with Gasteiger partial charge >= 0.3 is 0 Å². The number of nitrogens with zero attached hydrogens (tertiary/aromatic N) is 6. The van der Waals surface area contributed by atoms with Gasteiger partial charge < -0.3 is 9.72 Å². The lowest BCUT2D eigenvalue weighted by molar-refractivity contribution is 0.415. The van der Waals surface area contributed by atoms with E-state index in [1.165, 1.54) is 0 Å². The van der Waals surface area contributed by atoms with Gasteiger partial charge in [-0.25, -0.2) is 19.9 Å². The Labute approximate surface area is 162 Å². The van der Waals surface area contributed by atoms with Crippen molar-refractivity contribution in [2.24, 2.45) is 0 Å². The van der Waals surface area contributed by atoms with Crippen LogP contribution in [-0.4, -0.2) is 41.8 Å². The molecule has 1 saturated carbocycles. The fraction of sp³-hybridized carbons (Fsp3) is 0.350. The summed E-state index contributed by atoms with van der Waals surface area (Å²) in [6, 6.07) is 7.91. The van der Waals surface area contributed by atoms with Crippen LogP contribution >= 0.6 is 0 Å². The standard InChI is InChI=1S/C20H21N7O/c1-10-22-17(9-19(23-10)27-12(3)21-11(2)26-27)14-8-15(14)20-24-16-6-5-13(28-4)7-18(16)25-20/h5-7,9,14-15H,8H2,1-4H3,(H,24,25)/t14-,15-/m1/s1. The Morgan fingerprint density at radius 3 is 2.61 bits per heavy atom. The van der Waals surface area contributed by atoms with Crippen molar-refractivity contribution in [2.75, 3.05) is 7.11 Å². The first-order chi connectivity index (χ1) is 13.5. The van der Waals surface area contributed by atoms with Crippen LogP contribution in [0.15, 0.2) is 24.3 Å². The molecule has 0 radical (unpaired) electrons. The van der Waals surface area contributed by atoms with Gasteiger partial charge in [0.2, 0.25) is 0 Å². The molecule has 8 heteroatoms. The van der Waals surface area contributed by atoms with Crippen molar-refractivity contribution < 1.29 is 4.74 Å². The number of benzene rings is 1. The van der Waals surface area contributed by atoms with E-state index in [2.05, 4.69) is 25.0 Å². The Morgan fingerprint density at radius 2 is 1.86 bits per heavy atom. The van der Waals surface area contributed by atoms with Gasteiger partial charge in [0.25, 0.3) is 0 Å². The third-order valence-electron chi connectivity index (χ3n) is 5.17. The minimum atomic E-state index is 0.327. The minimum Gasteiger partial charge on any atom is -0.497 e. The number of H-pyrrole nitrogens is 1. The molecule has 1 aromatic carbocycles. The van der Waals surface area contributed by atoms with E-state index in [-0.39, 0.29) is 0 Å². The molecule has 3 aromatic heterocycles. The lowest BCUT2D eigenvalue weighted by Crippen LogP contribution is -2.06. The lowest BCUT2D eigenvalue weighted by atomic mass is 10.2. The highest BCUT2D eigenvalue weighted by atomic mass is 16.5. The van der Waals surface area contributed by atoms with Gasteiger partial charge in [0.05, 0.1) is 23.8 Å². The molecule has 2 atom stereocenters. The second kappa shape index (κ2) is 6.12. The van der Waals surface area contributed by atoms with Crippen LogP contribution in [0.4, 0.5) is 0 Å². The zero-order chi connectivity index (χ0) is 19.4. The molecule has 28 heavy (non-hydrogen) atoms. The predicted molar refractivity (Wildman–Crippen MR) is 104 cm³/mol. The first kappa shape index (κ1) is 16.9. The molecule has 8 nitrogen and oxygen atoms in total. The molecule has 0 amide bonds. The van der Waals surface area contributed by atoms with Gasteiger partial charge in [0.1, 0.15) is 29.0 Å². The van der Waals surface area contributed by atoms with E-state index in [0.29, 0.717) is 11.8 Å². The maximum atomic E-state index is 5.30. The normalized spacial score (nSPS) is 18.6. The number of nitrogens with one attached hydrogen (secondary N) is 1. The lowest BCUT2D eigenvalue weighted by Gasteiger charge is -2.06. The summed E-state index contributed by atoms with van der Waals surface area (Å²) in [7, 11) is 1.67. The summed E-state index contributed by atoms with van der Waals surface area (Å²) in [5, 5.41) is 4.45. The van der Waals surface area contributed by atoms with Crippen molar-refractivity contribution in [3.8, 4) is 11.6 Å². The molecule has 1 aliphatic carbocycles. The summed E-state index contributed by atoms with van der Waals surface area (Å²) in [6.07, 6.45) is 1.02. The first-order valence-corrected chi connectivity index (χ1v) is 9.31. The number of aromatic nitrogens is 7. The number of aromatic amines is 1. The van der Waals surface area contributed by atoms with Crippen LogP contribution in [0.5, 0.6) is 5.75 Å². The van der Waals surface area contributed by atoms with E-state index in [1.54, 1.807) is 11.8 Å². The van der Waals surface area contributed by atoms with Gasteiger partial charge in [0.15, 0.2) is 5.82 Å². The van der Waals surface area contributed by atoms with Crippen LogP contribution < -0.4 is 4.74 Å². The highest BCUT2D eigenvalue weighted by molar-refractivity contribution is 5.77. The second-order valence-corrected chi connectivity index (χ2v) is 7.27. The Morgan fingerprint density at radius 1 is 1.00 bits per heavy atom. The van der Waals surface area contributed by atoms with Crippen molar-refractivity contribution in [2.45, 2.75) is 39.0 Å². The van der Waals surface area contributed by atoms with Crippen LogP contribution in [0.25, 0.3) is 16.9 Å². The predicted octanol–water partition coefficient (Wildman–Crippen LogP) is 3.14. The smallest absolute Gasteiger partial charge is 0.159 e. The average Bonchev–Trinajstić information content (AvgIpc) is 3.25. The Bertz CT molecular complexity index is 1190. The number of methoxy groups -OCH3 is 1. The molecule has 0 saturated heterocycles. The molecule has 0 bridgehead atoms. The summed E-state index contributed by atoms with van der Waals surface area (Å²) < 4.78 is 7.08. The van der Waals surface area contributed by atoms with Gasteiger partial charge in [-0.1, -0.05) is 0 Å². The van der Waals surface area contributed by atoms with E-state index >= 15 is 0 Å². The summed E-state index contributed by atoms with van der Waals surface area (Å²) in [5.74, 6) is 5.54. The fourth-order valence-electron chi connectivity index (χ4n) is 3.75. The molecule has 5 rings (SSSR count). The topological polar surface area (TPSA) is 94.4 Å². The molecule has 1 N–H and O–H groups in total. The van der Waals surface area contributed by atoms with E-state index in [1.807, 2.05) is 45.0 Å². The number of hydrogen-bond donors (Lipinski definition) is 1. The van der Waals surface area contributed by atoms with E-state index in [0.717, 1.165) is 58.0 Å². The molecule has 3 heterocycles. The second-order valence-electron chi connectivity index (χ2n) is 7.27. The van der Waals surface area contributed by atoms with Crippen molar-refractivity contribution in [3.05, 3.63) is 53.3 Å². The number of aryl methyl sites for hydroxylation is 3. The summed E-state index contributed by atoms with van der Waals surface area (Å²) in [4.78, 5) is 21.8. The van der Waals surface area contributed by atoms with Crippen molar-refractivity contribution in [1.82, 2.24) is 34.7 Å². The molecule has 1 aliphatic rings. The molecule has 0 unspecified atom stereocenters.